The van der Waals surface area contributed by atoms with E-state index < -0.39 is 5.82 Å². The second kappa shape index (κ2) is 9.18. The van der Waals surface area contributed by atoms with Crippen LogP contribution in [0.4, 0.5) is 28.1 Å². The second-order valence-electron chi connectivity index (χ2n) is 7.22. The Morgan fingerprint density at radius 1 is 1.32 bits per heavy atom. The van der Waals surface area contributed by atoms with Crippen LogP contribution in [0.15, 0.2) is 24.4 Å². The number of nitrogens with zero attached hydrogens (tertiary/aromatic N) is 6. The van der Waals surface area contributed by atoms with Crippen LogP contribution in [-0.2, 0) is 4.74 Å². The average Bonchev–Trinajstić information content (AvgIpc) is 3.18. The standard InChI is InChI=1S/C19H24FN9O2/c1-11-7-16(28-27-11)23-18-24-17(22-12(2)15-4-3-13(20)8-21-15)25-19(26-18)29-5-6-31-10-14(29)9-30/h3-4,7-8,12,14,30H,5-6,9-10H2,1-2H3,(H3,22,23,24,25,26,27,28)/t12-,14+/m0/s1. The van der Waals surface area contributed by atoms with Gasteiger partial charge in [-0.25, -0.2) is 4.39 Å². The number of aryl methyl sites for hydroxylation is 1. The molecule has 1 aliphatic rings. The van der Waals surface area contributed by atoms with Gasteiger partial charge in [-0.1, -0.05) is 0 Å². The number of aromatic amines is 1. The molecule has 3 aromatic rings. The number of H-pyrrole nitrogens is 1. The van der Waals surface area contributed by atoms with Gasteiger partial charge in [0.05, 0.1) is 43.8 Å². The van der Waals surface area contributed by atoms with Gasteiger partial charge in [-0.15, -0.1) is 0 Å². The van der Waals surface area contributed by atoms with E-state index in [1.165, 1.54) is 12.3 Å². The fourth-order valence-electron chi connectivity index (χ4n) is 3.19. The van der Waals surface area contributed by atoms with E-state index in [9.17, 15) is 9.50 Å². The predicted molar refractivity (Wildman–Crippen MR) is 112 cm³/mol. The van der Waals surface area contributed by atoms with Gasteiger partial charge in [-0.3, -0.25) is 10.1 Å². The zero-order chi connectivity index (χ0) is 21.8. The van der Waals surface area contributed by atoms with Crippen LogP contribution in [-0.4, -0.2) is 67.6 Å². The van der Waals surface area contributed by atoms with Crippen LogP contribution in [0.1, 0.15) is 24.4 Å². The highest BCUT2D eigenvalue weighted by Crippen LogP contribution is 2.22. The highest BCUT2D eigenvalue weighted by molar-refractivity contribution is 5.53. The zero-order valence-electron chi connectivity index (χ0n) is 17.2. The fourth-order valence-corrected chi connectivity index (χ4v) is 3.19. The van der Waals surface area contributed by atoms with Gasteiger partial charge in [0.15, 0.2) is 5.82 Å². The number of aliphatic hydroxyl groups is 1. The number of hydrogen-bond acceptors (Lipinski definition) is 10. The van der Waals surface area contributed by atoms with Crippen molar-refractivity contribution in [3.63, 3.8) is 0 Å². The molecule has 1 aliphatic heterocycles. The van der Waals surface area contributed by atoms with E-state index >= 15 is 0 Å². The maximum Gasteiger partial charge on any atom is 0.235 e. The molecular formula is C19H24FN9O2. The number of halogens is 1. The van der Waals surface area contributed by atoms with Gasteiger partial charge < -0.3 is 25.4 Å². The van der Waals surface area contributed by atoms with E-state index in [1.54, 1.807) is 6.07 Å². The van der Waals surface area contributed by atoms with Crippen molar-refractivity contribution in [3.8, 4) is 0 Å². The molecule has 1 fully saturated rings. The Kier molecular flexibility index (Phi) is 6.18. The van der Waals surface area contributed by atoms with E-state index in [-0.39, 0.29) is 18.7 Å². The first-order valence-electron chi connectivity index (χ1n) is 9.90. The number of rotatable bonds is 7. The molecule has 0 amide bonds. The molecule has 11 nitrogen and oxygen atoms in total. The van der Waals surface area contributed by atoms with Crippen LogP contribution >= 0.6 is 0 Å². The monoisotopic (exact) mass is 429 g/mol. The first-order chi connectivity index (χ1) is 15.0. The van der Waals surface area contributed by atoms with E-state index in [2.05, 4.69) is 40.8 Å². The molecule has 164 valence electrons. The molecule has 3 aromatic heterocycles. The van der Waals surface area contributed by atoms with E-state index in [4.69, 9.17) is 4.74 Å². The number of anilines is 4. The third-order valence-corrected chi connectivity index (χ3v) is 4.80. The maximum atomic E-state index is 13.2. The van der Waals surface area contributed by atoms with E-state index in [1.807, 2.05) is 24.8 Å². The molecule has 0 spiro atoms. The van der Waals surface area contributed by atoms with Crippen molar-refractivity contribution >= 4 is 23.7 Å². The number of nitrogens with one attached hydrogen (secondary N) is 3. The number of hydrogen-bond donors (Lipinski definition) is 4. The first-order valence-corrected chi connectivity index (χ1v) is 9.90. The largest absolute Gasteiger partial charge is 0.394 e. The van der Waals surface area contributed by atoms with Gasteiger partial charge in [0.2, 0.25) is 17.8 Å². The van der Waals surface area contributed by atoms with Crippen LogP contribution in [0, 0.1) is 12.7 Å². The number of aromatic nitrogens is 6. The Balaban J connectivity index is 1.64. The zero-order valence-corrected chi connectivity index (χ0v) is 17.2. The molecule has 12 heteroatoms. The average molecular weight is 429 g/mol. The molecule has 0 aliphatic carbocycles. The predicted octanol–water partition coefficient (Wildman–Crippen LogP) is 1.55. The minimum Gasteiger partial charge on any atom is -0.394 e. The van der Waals surface area contributed by atoms with Crippen molar-refractivity contribution in [2.75, 3.05) is 41.9 Å². The van der Waals surface area contributed by atoms with Crippen LogP contribution in [0.5, 0.6) is 0 Å². The molecular weight excluding hydrogens is 405 g/mol. The topological polar surface area (TPSA) is 137 Å². The molecule has 0 aromatic carbocycles. The summed E-state index contributed by atoms with van der Waals surface area (Å²) < 4.78 is 18.7. The lowest BCUT2D eigenvalue weighted by Gasteiger charge is -2.34. The smallest absolute Gasteiger partial charge is 0.235 e. The minimum absolute atomic E-state index is 0.0916. The van der Waals surface area contributed by atoms with Gasteiger partial charge in [0.1, 0.15) is 5.82 Å². The van der Waals surface area contributed by atoms with Crippen LogP contribution in [0.25, 0.3) is 0 Å². The van der Waals surface area contributed by atoms with E-state index in [0.29, 0.717) is 49.1 Å². The summed E-state index contributed by atoms with van der Waals surface area (Å²) in [6.45, 7) is 5.08. The van der Waals surface area contributed by atoms with Crippen molar-refractivity contribution in [2.24, 2.45) is 0 Å². The van der Waals surface area contributed by atoms with Crippen LogP contribution in [0.2, 0.25) is 0 Å². The Morgan fingerprint density at radius 2 is 2.16 bits per heavy atom. The second-order valence-corrected chi connectivity index (χ2v) is 7.22. The van der Waals surface area contributed by atoms with E-state index in [0.717, 1.165) is 5.69 Å². The molecule has 4 N–H and O–H groups in total. The highest BCUT2D eigenvalue weighted by Gasteiger charge is 2.26. The van der Waals surface area contributed by atoms with Crippen molar-refractivity contribution < 1.29 is 14.2 Å². The molecule has 2 atom stereocenters. The van der Waals surface area contributed by atoms with Crippen LogP contribution in [0.3, 0.4) is 0 Å². The highest BCUT2D eigenvalue weighted by atomic mass is 19.1. The summed E-state index contributed by atoms with van der Waals surface area (Å²) in [6, 6.07) is 4.23. The summed E-state index contributed by atoms with van der Waals surface area (Å²) in [7, 11) is 0. The molecule has 31 heavy (non-hydrogen) atoms. The van der Waals surface area contributed by atoms with Gasteiger partial charge in [-0.05, 0) is 26.0 Å². The molecule has 4 heterocycles. The fraction of sp³-hybridized carbons (Fsp3) is 0.421. The quantitative estimate of drug-likeness (QED) is 0.438. The third-order valence-electron chi connectivity index (χ3n) is 4.80. The SMILES string of the molecule is Cc1cc(Nc2nc(N[C@@H](C)c3ccc(F)cn3)nc(N3CCOC[C@H]3CO)n2)n[nH]1. The first kappa shape index (κ1) is 20.9. The summed E-state index contributed by atoms with van der Waals surface area (Å²) in [6.07, 6.45) is 1.17. The summed E-state index contributed by atoms with van der Waals surface area (Å²) in [5.41, 5.74) is 1.53. The molecule has 1 saturated heterocycles. The molecule has 0 bridgehead atoms. The van der Waals surface area contributed by atoms with Gasteiger partial charge in [0.25, 0.3) is 0 Å². The van der Waals surface area contributed by atoms with Gasteiger partial charge >= 0.3 is 0 Å². The Hall–Kier alpha value is -3.38. The normalized spacial score (nSPS) is 17.4. The lowest BCUT2D eigenvalue weighted by Crippen LogP contribution is -2.48. The Bertz CT molecular complexity index is 1010. The summed E-state index contributed by atoms with van der Waals surface area (Å²) >= 11 is 0. The van der Waals surface area contributed by atoms with Gasteiger partial charge in [-0.2, -0.15) is 20.1 Å². The number of pyridine rings is 1. The third kappa shape index (κ3) is 5.03. The minimum atomic E-state index is -0.401. The summed E-state index contributed by atoms with van der Waals surface area (Å²) in [4.78, 5) is 19.5. The lowest BCUT2D eigenvalue weighted by atomic mass is 10.2. The Labute approximate surface area is 178 Å². The Morgan fingerprint density at radius 3 is 2.87 bits per heavy atom. The number of ether oxygens (including phenoxy) is 1. The molecule has 0 saturated carbocycles. The number of morpholine rings is 1. The summed E-state index contributed by atoms with van der Waals surface area (Å²) in [5.74, 6) is 1.16. The molecule has 4 rings (SSSR count). The maximum absolute atomic E-state index is 13.2. The number of aliphatic hydroxyl groups excluding tert-OH is 1. The summed E-state index contributed by atoms with van der Waals surface area (Å²) in [5, 5.41) is 23.0. The molecule has 0 unspecified atom stereocenters. The van der Waals surface area contributed by atoms with Crippen LogP contribution < -0.4 is 15.5 Å². The van der Waals surface area contributed by atoms with Crippen molar-refractivity contribution in [3.05, 3.63) is 41.6 Å². The van der Waals surface area contributed by atoms with Crippen molar-refractivity contribution in [1.29, 1.82) is 0 Å². The molecule has 0 radical (unpaired) electrons. The van der Waals surface area contributed by atoms with Gasteiger partial charge in [0, 0.05) is 18.3 Å². The van der Waals surface area contributed by atoms with Crippen molar-refractivity contribution in [2.45, 2.75) is 25.9 Å². The lowest BCUT2D eigenvalue weighted by molar-refractivity contribution is 0.0718. The van der Waals surface area contributed by atoms with Crippen molar-refractivity contribution in [1.82, 2.24) is 30.1 Å².